The van der Waals surface area contributed by atoms with Crippen LogP contribution in [0.5, 0.6) is 0 Å². The highest BCUT2D eigenvalue weighted by molar-refractivity contribution is 6.31. The summed E-state index contributed by atoms with van der Waals surface area (Å²) in [6, 6.07) is 6.90. The van der Waals surface area contributed by atoms with Crippen LogP contribution >= 0.6 is 11.6 Å². The second kappa shape index (κ2) is 7.72. The summed E-state index contributed by atoms with van der Waals surface area (Å²) in [6.45, 7) is 6.22. The molecule has 30 heavy (non-hydrogen) atoms. The number of halogens is 1. The average Bonchev–Trinajstić information content (AvgIpc) is 3.52. The number of nitrogens with one attached hydrogen (secondary N) is 2. The van der Waals surface area contributed by atoms with Crippen LogP contribution in [0.1, 0.15) is 54.2 Å². The average molecular weight is 427 g/mol. The number of anilines is 1. The van der Waals surface area contributed by atoms with E-state index in [1.807, 2.05) is 26.8 Å². The summed E-state index contributed by atoms with van der Waals surface area (Å²) in [4.78, 5) is 45.3. The molecule has 0 unspecified atom stereocenters. The zero-order valence-corrected chi connectivity index (χ0v) is 17.8. The van der Waals surface area contributed by atoms with E-state index >= 15 is 0 Å². The van der Waals surface area contributed by atoms with E-state index in [9.17, 15) is 14.4 Å². The SMILES string of the molecule is Cc1ccc(NC(=O)c2cc(C3CC3)nc3c2c(=O)[nH]c(=O)n3CC(C)C)cc1Cl. The number of nitrogens with zero attached hydrogens (tertiary/aromatic N) is 2. The molecule has 0 aliphatic heterocycles. The van der Waals surface area contributed by atoms with Crippen LogP contribution in [0, 0.1) is 12.8 Å². The molecule has 1 amide bonds. The summed E-state index contributed by atoms with van der Waals surface area (Å²) in [7, 11) is 0. The number of hydrogen-bond acceptors (Lipinski definition) is 4. The van der Waals surface area contributed by atoms with Gasteiger partial charge >= 0.3 is 5.69 Å². The van der Waals surface area contributed by atoms with Crippen LogP contribution < -0.4 is 16.6 Å². The number of carbonyl (C=O) groups is 1. The second-order valence-electron chi connectivity index (χ2n) is 8.25. The van der Waals surface area contributed by atoms with Gasteiger partial charge in [-0.3, -0.25) is 19.1 Å². The Morgan fingerprint density at radius 2 is 2.03 bits per heavy atom. The number of aromatic nitrogens is 3. The molecular formula is C22H23ClN4O3. The van der Waals surface area contributed by atoms with Gasteiger partial charge in [0.1, 0.15) is 0 Å². The fourth-order valence-electron chi connectivity index (χ4n) is 3.46. The lowest BCUT2D eigenvalue weighted by atomic mass is 10.1. The molecule has 0 radical (unpaired) electrons. The monoisotopic (exact) mass is 426 g/mol. The van der Waals surface area contributed by atoms with E-state index < -0.39 is 17.2 Å². The first-order chi connectivity index (χ1) is 14.2. The number of H-pyrrole nitrogens is 1. The number of benzene rings is 1. The third-order valence-electron chi connectivity index (χ3n) is 5.19. The highest BCUT2D eigenvalue weighted by atomic mass is 35.5. The van der Waals surface area contributed by atoms with Crippen LogP contribution in [0.3, 0.4) is 0 Å². The Morgan fingerprint density at radius 1 is 1.30 bits per heavy atom. The molecule has 3 aromatic rings. The Bertz CT molecular complexity index is 1270. The third-order valence-corrected chi connectivity index (χ3v) is 5.59. The van der Waals surface area contributed by atoms with Crippen molar-refractivity contribution < 1.29 is 4.79 Å². The molecule has 2 N–H and O–H groups in total. The first kappa shape index (κ1) is 20.3. The van der Waals surface area contributed by atoms with Gasteiger partial charge in [0.15, 0.2) is 5.65 Å². The van der Waals surface area contributed by atoms with E-state index in [4.69, 9.17) is 11.6 Å². The molecule has 1 aromatic carbocycles. The van der Waals surface area contributed by atoms with Crippen LogP contribution in [0.25, 0.3) is 11.0 Å². The van der Waals surface area contributed by atoms with Crippen molar-refractivity contribution in [3.63, 3.8) is 0 Å². The van der Waals surface area contributed by atoms with Gasteiger partial charge in [0.2, 0.25) is 0 Å². The molecule has 0 spiro atoms. The van der Waals surface area contributed by atoms with Gasteiger partial charge in [-0.2, -0.15) is 0 Å². The number of fused-ring (bicyclic) bond motifs is 1. The Morgan fingerprint density at radius 3 is 2.67 bits per heavy atom. The molecule has 0 bridgehead atoms. The molecule has 156 valence electrons. The summed E-state index contributed by atoms with van der Waals surface area (Å²) in [6.07, 6.45) is 1.95. The van der Waals surface area contributed by atoms with E-state index in [2.05, 4.69) is 15.3 Å². The molecular weight excluding hydrogens is 404 g/mol. The lowest BCUT2D eigenvalue weighted by Crippen LogP contribution is -2.33. The summed E-state index contributed by atoms with van der Waals surface area (Å²) in [5.74, 6) is -0.0312. The first-order valence-electron chi connectivity index (χ1n) is 10.00. The smallest absolute Gasteiger partial charge is 0.322 e. The van der Waals surface area contributed by atoms with Crippen LogP contribution in [0.2, 0.25) is 5.02 Å². The normalized spacial score (nSPS) is 13.8. The quantitative estimate of drug-likeness (QED) is 0.647. The van der Waals surface area contributed by atoms with Gasteiger partial charge in [0.25, 0.3) is 11.5 Å². The number of hydrogen-bond donors (Lipinski definition) is 2. The number of amides is 1. The predicted molar refractivity (Wildman–Crippen MR) is 118 cm³/mol. The summed E-state index contributed by atoms with van der Waals surface area (Å²) < 4.78 is 1.45. The van der Waals surface area contributed by atoms with E-state index in [0.29, 0.717) is 17.3 Å². The molecule has 1 fully saturated rings. The van der Waals surface area contributed by atoms with Gasteiger partial charge in [0.05, 0.1) is 10.9 Å². The Labute approximate surface area is 178 Å². The molecule has 1 aliphatic rings. The zero-order valence-electron chi connectivity index (χ0n) is 17.1. The molecule has 4 rings (SSSR count). The fourth-order valence-corrected chi connectivity index (χ4v) is 3.64. The number of carbonyl (C=O) groups excluding carboxylic acids is 1. The largest absolute Gasteiger partial charge is 0.330 e. The molecule has 2 aromatic heterocycles. The van der Waals surface area contributed by atoms with Crippen molar-refractivity contribution in [2.45, 2.75) is 46.1 Å². The van der Waals surface area contributed by atoms with E-state index in [1.165, 1.54) is 4.57 Å². The Balaban J connectivity index is 1.89. The molecule has 1 aliphatic carbocycles. The lowest BCUT2D eigenvalue weighted by Gasteiger charge is -2.15. The highest BCUT2D eigenvalue weighted by Gasteiger charge is 2.29. The number of rotatable bonds is 5. The topological polar surface area (TPSA) is 96.8 Å². The standard InChI is InChI=1S/C22H23ClN4O3/c1-11(2)10-27-19-18(21(29)26-22(27)30)15(9-17(25-19)13-5-6-13)20(28)24-14-7-4-12(3)16(23)8-14/h4,7-9,11,13H,5-6,10H2,1-3H3,(H,24,28)(H,26,29,30). The molecule has 0 saturated heterocycles. The summed E-state index contributed by atoms with van der Waals surface area (Å²) in [5, 5.41) is 3.47. The maximum absolute atomic E-state index is 13.2. The minimum absolute atomic E-state index is 0.121. The van der Waals surface area contributed by atoms with Crippen molar-refractivity contribution >= 4 is 34.2 Å². The maximum atomic E-state index is 13.2. The second-order valence-corrected chi connectivity index (χ2v) is 8.66. The van der Waals surface area contributed by atoms with E-state index in [1.54, 1.807) is 18.2 Å². The van der Waals surface area contributed by atoms with Crippen LogP contribution in [-0.2, 0) is 6.54 Å². The van der Waals surface area contributed by atoms with E-state index in [0.717, 1.165) is 24.1 Å². The molecule has 0 atom stereocenters. The molecule has 1 saturated carbocycles. The number of pyridine rings is 1. The molecule has 7 nitrogen and oxygen atoms in total. The van der Waals surface area contributed by atoms with Crippen molar-refractivity contribution in [1.29, 1.82) is 0 Å². The van der Waals surface area contributed by atoms with Gasteiger partial charge < -0.3 is 5.32 Å². The predicted octanol–water partition coefficient (Wildman–Crippen LogP) is 3.83. The fraction of sp³-hybridized carbons (Fsp3) is 0.364. The number of aryl methyl sites for hydroxylation is 1. The third kappa shape index (κ3) is 3.89. The highest BCUT2D eigenvalue weighted by Crippen LogP contribution is 2.40. The first-order valence-corrected chi connectivity index (χ1v) is 10.4. The van der Waals surface area contributed by atoms with Crippen LogP contribution in [-0.4, -0.2) is 20.4 Å². The summed E-state index contributed by atoms with van der Waals surface area (Å²) in [5.41, 5.74) is 1.49. The van der Waals surface area contributed by atoms with Crippen molar-refractivity contribution in [1.82, 2.24) is 14.5 Å². The van der Waals surface area contributed by atoms with Crippen LogP contribution in [0.15, 0.2) is 33.9 Å². The van der Waals surface area contributed by atoms with Crippen molar-refractivity contribution in [3.8, 4) is 0 Å². The lowest BCUT2D eigenvalue weighted by molar-refractivity contribution is 0.102. The number of aromatic amines is 1. The zero-order chi connectivity index (χ0) is 21.6. The minimum Gasteiger partial charge on any atom is -0.322 e. The van der Waals surface area contributed by atoms with Gasteiger partial charge in [-0.25, -0.2) is 9.78 Å². The van der Waals surface area contributed by atoms with Gasteiger partial charge in [-0.05, 0) is 49.4 Å². The Kier molecular flexibility index (Phi) is 5.24. The minimum atomic E-state index is -0.614. The van der Waals surface area contributed by atoms with Crippen molar-refractivity contribution in [3.05, 3.63) is 66.9 Å². The Hall–Kier alpha value is -2.93. The van der Waals surface area contributed by atoms with Gasteiger partial charge in [0, 0.05) is 28.9 Å². The van der Waals surface area contributed by atoms with Crippen LogP contribution in [0.4, 0.5) is 5.69 Å². The van der Waals surface area contributed by atoms with E-state index in [-0.39, 0.29) is 28.4 Å². The van der Waals surface area contributed by atoms with Crippen molar-refractivity contribution in [2.24, 2.45) is 5.92 Å². The maximum Gasteiger partial charge on any atom is 0.330 e. The summed E-state index contributed by atoms with van der Waals surface area (Å²) >= 11 is 6.17. The van der Waals surface area contributed by atoms with Gasteiger partial charge in [-0.15, -0.1) is 0 Å². The molecule has 8 heteroatoms. The van der Waals surface area contributed by atoms with Gasteiger partial charge in [-0.1, -0.05) is 31.5 Å². The molecule has 2 heterocycles. The van der Waals surface area contributed by atoms with Crippen molar-refractivity contribution in [2.75, 3.05) is 5.32 Å².